The van der Waals surface area contributed by atoms with E-state index in [-0.39, 0.29) is 10.8 Å². The maximum absolute atomic E-state index is 2.59. The Labute approximate surface area is 183 Å². The van der Waals surface area contributed by atoms with Gasteiger partial charge in [-0.3, -0.25) is 0 Å². The molecule has 5 rings (SSSR count). The summed E-state index contributed by atoms with van der Waals surface area (Å²) in [4.78, 5) is 0. The van der Waals surface area contributed by atoms with E-state index in [0.717, 1.165) is 6.42 Å². The van der Waals surface area contributed by atoms with Gasteiger partial charge in [0.05, 0.1) is 0 Å². The van der Waals surface area contributed by atoms with Crippen LogP contribution in [0.1, 0.15) is 88.6 Å². The van der Waals surface area contributed by atoms with Gasteiger partial charge in [-0.2, -0.15) is 0 Å². The SMILES string of the molecule is CC(C)(C)c1ccc2c(c1)-c1cc(C(C)(C)C)cc(C3(C4C=CC=C4)CCC3)c1C2. The Morgan fingerprint density at radius 2 is 1.40 bits per heavy atom. The summed E-state index contributed by atoms with van der Waals surface area (Å²) in [5.41, 5.74) is 11.3. The molecule has 0 aliphatic heterocycles. The molecule has 0 N–H and O–H groups in total. The number of hydrogen-bond donors (Lipinski definition) is 0. The zero-order valence-corrected chi connectivity index (χ0v) is 19.6. The molecule has 30 heavy (non-hydrogen) atoms. The van der Waals surface area contributed by atoms with Gasteiger partial charge in [-0.05, 0) is 69.0 Å². The van der Waals surface area contributed by atoms with Gasteiger partial charge >= 0.3 is 0 Å². The van der Waals surface area contributed by atoms with Crippen LogP contribution in [0.3, 0.4) is 0 Å². The Morgan fingerprint density at radius 3 is 1.97 bits per heavy atom. The molecule has 0 radical (unpaired) electrons. The van der Waals surface area contributed by atoms with Gasteiger partial charge in [-0.15, -0.1) is 0 Å². The topological polar surface area (TPSA) is 0 Å². The third-order valence-corrected chi connectivity index (χ3v) is 7.92. The highest BCUT2D eigenvalue weighted by atomic mass is 14.5. The zero-order chi connectivity index (χ0) is 21.3. The summed E-state index contributed by atoms with van der Waals surface area (Å²) >= 11 is 0. The third-order valence-electron chi connectivity index (χ3n) is 7.92. The number of fused-ring (bicyclic) bond motifs is 3. The van der Waals surface area contributed by atoms with Crippen molar-refractivity contribution in [1.29, 1.82) is 0 Å². The van der Waals surface area contributed by atoms with Gasteiger partial charge in [-0.25, -0.2) is 0 Å². The summed E-state index contributed by atoms with van der Waals surface area (Å²) in [5, 5.41) is 0. The van der Waals surface area contributed by atoms with Crippen molar-refractivity contribution >= 4 is 0 Å². The second kappa shape index (κ2) is 6.46. The van der Waals surface area contributed by atoms with Crippen LogP contribution in [-0.2, 0) is 22.7 Å². The van der Waals surface area contributed by atoms with Crippen molar-refractivity contribution in [3.8, 4) is 11.1 Å². The van der Waals surface area contributed by atoms with Gasteiger partial charge < -0.3 is 0 Å². The van der Waals surface area contributed by atoms with E-state index < -0.39 is 0 Å². The molecule has 3 aliphatic carbocycles. The maximum atomic E-state index is 2.59. The largest absolute Gasteiger partial charge is 0.0767 e. The first-order chi connectivity index (χ1) is 14.1. The van der Waals surface area contributed by atoms with Crippen molar-refractivity contribution in [2.75, 3.05) is 0 Å². The van der Waals surface area contributed by atoms with Crippen LogP contribution >= 0.6 is 0 Å². The highest BCUT2D eigenvalue weighted by Crippen LogP contribution is 2.55. The van der Waals surface area contributed by atoms with Crippen LogP contribution in [0.25, 0.3) is 11.1 Å². The summed E-state index contributed by atoms with van der Waals surface area (Å²) in [6.07, 6.45) is 14.5. The number of hydrogen-bond acceptors (Lipinski definition) is 0. The van der Waals surface area contributed by atoms with E-state index in [9.17, 15) is 0 Å². The van der Waals surface area contributed by atoms with Gasteiger partial charge in [0, 0.05) is 11.3 Å². The molecule has 0 saturated heterocycles. The van der Waals surface area contributed by atoms with Crippen LogP contribution in [0.15, 0.2) is 54.6 Å². The van der Waals surface area contributed by atoms with E-state index in [2.05, 4.69) is 96.2 Å². The van der Waals surface area contributed by atoms with Crippen LogP contribution in [0.2, 0.25) is 0 Å². The van der Waals surface area contributed by atoms with Crippen LogP contribution in [0, 0.1) is 5.92 Å². The molecule has 0 nitrogen and oxygen atoms in total. The predicted octanol–water partition coefficient (Wildman–Crippen LogP) is 8.02. The van der Waals surface area contributed by atoms with Crippen molar-refractivity contribution in [2.45, 2.75) is 83.5 Å². The molecule has 0 aromatic heterocycles. The minimum Gasteiger partial charge on any atom is -0.0767 e. The number of rotatable bonds is 2. The standard InChI is InChI=1S/C30H36/c1-28(2,3)22-13-12-20-16-26-25(24(20)17-22)18-23(29(4,5)6)19-27(26)30(14-9-15-30)21-10-7-8-11-21/h7-8,10-13,17-19,21H,9,14-16H2,1-6H3. The Balaban J connectivity index is 1.74. The predicted molar refractivity (Wildman–Crippen MR) is 129 cm³/mol. The Hall–Kier alpha value is -2.08. The van der Waals surface area contributed by atoms with Crippen molar-refractivity contribution in [1.82, 2.24) is 0 Å². The summed E-state index contributed by atoms with van der Waals surface area (Å²) in [6.45, 7) is 14.1. The molecule has 3 aliphatic rings. The van der Waals surface area contributed by atoms with E-state index in [1.54, 1.807) is 11.1 Å². The molecule has 0 heteroatoms. The Bertz CT molecular complexity index is 1050. The van der Waals surface area contributed by atoms with E-state index >= 15 is 0 Å². The van der Waals surface area contributed by atoms with Crippen molar-refractivity contribution < 1.29 is 0 Å². The van der Waals surface area contributed by atoms with E-state index in [4.69, 9.17) is 0 Å². The molecule has 0 heterocycles. The Kier molecular flexibility index (Phi) is 4.27. The smallest absolute Gasteiger partial charge is 0.00537 e. The van der Waals surface area contributed by atoms with Crippen LogP contribution in [0.5, 0.6) is 0 Å². The summed E-state index contributed by atoms with van der Waals surface area (Å²) in [7, 11) is 0. The quantitative estimate of drug-likeness (QED) is 0.411. The normalized spacial score (nSPS) is 19.7. The fourth-order valence-electron chi connectivity index (χ4n) is 5.76. The molecule has 0 bridgehead atoms. The molecule has 0 amide bonds. The molecule has 0 atom stereocenters. The molecule has 2 aromatic carbocycles. The van der Waals surface area contributed by atoms with E-state index in [1.165, 1.54) is 47.1 Å². The van der Waals surface area contributed by atoms with Crippen molar-refractivity contribution in [3.63, 3.8) is 0 Å². The Morgan fingerprint density at radius 1 is 0.767 bits per heavy atom. The summed E-state index contributed by atoms with van der Waals surface area (Å²) < 4.78 is 0. The summed E-state index contributed by atoms with van der Waals surface area (Å²) in [5.74, 6) is 0.555. The molecule has 0 spiro atoms. The lowest BCUT2D eigenvalue weighted by Crippen LogP contribution is -2.41. The monoisotopic (exact) mass is 396 g/mol. The second-order valence-electron chi connectivity index (χ2n) is 11.9. The van der Waals surface area contributed by atoms with Crippen LogP contribution < -0.4 is 0 Å². The summed E-state index contributed by atoms with van der Waals surface area (Å²) in [6, 6.07) is 12.4. The molecule has 2 aromatic rings. The van der Waals surface area contributed by atoms with E-state index in [1.807, 2.05) is 0 Å². The minimum absolute atomic E-state index is 0.153. The molecular weight excluding hydrogens is 360 g/mol. The molecule has 0 unspecified atom stereocenters. The zero-order valence-electron chi connectivity index (χ0n) is 19.6. The molecule has 1 saturated carbocycles. The van der Waals surface area contributed by atoms with Crippen LogP contribution in [-0.4, -0.2) is 0 Å². The lowest BCUT2D eigenvalue weighted by atomic mass is 9.56. The van der Waals surface area contributed by atoms with Crippen LogP contribution in [0.4, 0.5) is 0 Å². The average molecular weight is 397 g/mol. The first-order valence-electron chi connectivity index (χ1n) is 11.8. The highest BCUT2D eigenvalue weighted by molar-refractivity contribution is 5.80. The van der Waals surface area contributed by atoms with Gasteiger partial charge in [-0.1, -0.05) is 103 Å². The second-order valence-corrected chi connectivity index (χ2v) is 11.9. The van der Waals surface area contributed by atoms with Gasteiger partial charge in [0.15, 0.2) is 0 Å². The molecular formula is C30H36. The average Bonchev–Trinajstić information content (AvgIpc) is 3.26. The first kappa shape index (κ1) is 19.9. The molecule has 1 fully saturated rings. The van der Waals surface area contributed by atoms with Gasteiger partial charge in [0.1, 0.15) is 0 Å². The lowest BCUT2D eigenvalue weighted by Gasteiger charge is -2.47. The van der Waals surface area contributed by atoms with E-state index in [0.29, 0.717) is 11.3 Å². The fourth-order valence-corrected chi connectivity index (χ4v) is 5.76. The minimum atomic E-state index is 0.153. The van der Waals surface area contributed by atoms with Gasteiger partial charge in [0.2, 0.25) is 0 Å². The number of allylic oxidation sites excluding steroid dienone is 4. The van der Waals surface area contributed by atoms with Gasteiger partial charge in [0.25, 0.3) is 0 Å². The lowest BCUT2D eigenvalue weighted by molar-refractivity contribution is 0.203. The molecule has 156 valence electrons. The van der Waals surface area contributed by atoms with Crippen molar-refractivity contribution in [3.05, 3.63) is 82.5 Å². The number of benzene rings is 2. The third kappa shape index (κ3) is 2.95. The first-order valence-corrected chi connectivity index (χ1v) is 11.8. The van der Waals surface area contributed by atoms with Crippen molar-refractivity contribution in [2.24, 2.45) is 5.92 Å². The maximum Gasteiger partial charge on any atom is 0.00537 e. The fraction of sp³-hybridized carbons (Fsp3) is 0.467. The highest BCUT2D eigenvalue weighted by Gasteiger charge is 2.46.